The Bertz CT molecular complexity index is 129. The maximum absolute atomic E-state index is 2.26. The smallest absolute Gasteiger partial charge is 0.00224 e. The molecule has 0 aromatic rings. The molecule has 0 fully saturated rings. The molecule has 0 heteroatoms. The standard InChI is InChI=1S/C8H12/c1-3-8-6-4-5-7(8)2/h4-6,8H,3H2,1-2H3. The summed E-state index contributed by atoms with van der Waals surface area (Å²) < 4.78 is 0. The van der Waals surface area contributed by atoms with E-state index in [2.05, 4.69) is 32.1 Å². The molecular formula is C8H12. The molecule has 0 saturated heterocycles. The number of rotatable bonds is 1. The summed E-state index contributed by atoms with van der Waals surface area (Å²) in [4.78, 5) is 0. The quantitative estimate of drug-likeness (QED) is 0.484. The van der Waals surface area contributed by atoms with Crippen LogP contribution < -0.4 is 0 Å². The molecule has 0 aromatic heterocycles. The van der Waals surface area contributed by atoms with Crippen molar-refractivity contribution >= 4 is 0 Å². The summed E-state index contributed by atoms with van der Waals surface area (Å²) in [6.07, 6.45) is 7.84. The molecule has 0 radical (unpaired) electrons. The molecule has 1 rings (SSSR count). The first-order valence-corrected chi connectivity index (χ1v) is 3.19. The molecule has 1 atom stereocenters. The minimum absolute atomic E-state index is 0.745. The van der Waals surface area contributed by atoms with Crippen LogP contribution in [-0.4, -0.2) is 0 Å². The normalized spacial score (nSPS) is 26.2. The topological polar surface area (TPSA) is 0 Å². The van der Waals surface area contributed by atoms with Gasteiger partial charge in [0.15, 0.2) is 0 Å². The fraction of sp³-hybridized carbons (Fsp3) is 0.500. The Morgan fingerprint density at radius 2 is 2.38 bits per heavy atom. The number of hydrogen-bond acceptors (Lipinski definition) is 0. The summed E-state index contributed by atoms with van der Waals surface area (Å²) in [6, 6.07) is 0. The summed E-state index contributed by atoms with van der Waals surface area (Å²) in [5.41, 5.74) is 1.51. The molecule has 0 aliphatic heterocycles. The zero-order valence-electron chi connectivity index (χ0n) is 5.52. The van der Waals surface area contributed by atoms with Gasteiger partial charge < -0.3 is 0 Å². The van der Waals surface area contributed by atoms with Crippen LogP contribution in [-0.2, 0) is 0 Å². The zero-order chi connectivity index (χ0) is 5.98. The molecule has 0 spiro atoms. The van der Waals surface area contributed by atoms with Crippen LogP contribution in [0.5, 0.6) is 0 Å². The van der Waals surface area contributed by atoms with Crippen molar-refractivity contribution in [2.24, 2.45) is 5.92 Å². The van der Waals surface area contributed by atoms with Crippen molar-refractivity contribution in [3.8, 4) is 0 Å². The van der Waals surface area contributed by atoms with Crippen molar-refractivity contribution in [3.63, 3.8) is 0 Å². The third-order valence-corrected chi connectivity index (χ3v) is 1.73. The highest BCUT2D eigenvalue weighted by Crippen LogP contribution is 2.20. The van der Waals surface area contributed by atoms with Crippen LogP contribution >= 0.6 is 0 Å². The van der Waals surface area contributed by atoms with Crippen LogP contribution in [0.4, 0.5) is 0 Å². The summed E-state index contributed by atoms with van der Waals surface area (Å²) >= 11 is 0. The Morgan fingerprint density at radius 3 is 2.62 bits per heavy atom. The molecule has 0 N–H and O–H groups in total. The minimum Gasteiger partial charge on any atom is -0.0774 e. The molecule has 0 amide bonds. The van der Waals surface area contributed by atoms with Crippen molar-refractivity contribution in [1.29, 1.82) is 0 Å². The van der Waals surface area contributed by atoms with Gasteiger partial charge >= 0.3 is 0 Å². The average molecular weight is 108 g/mol. The first-order valence-electron chi connectivity index (χ1n) is 3.19. The summed E-state index contributed by atoms with van der Waals surface area (Å²) in [7, 11) is 0. The van der Waals surface area contributed by atoms with E-state index in [1.54, 1.807) is 0 Å². The van der Waals surface area contributed by atoms with E-state index in [4.69, 9.17) is 0 Å². The molecule has 0 nitrogen and oxygen atoms in total. The third kappa shape index (κ3) is 0.835. The number of allylic oxidation sites excluding steroid dienone is 4. The van der Waals surface area contributed by atoms with Gasteiger partial charge in [0.05, 0.1) is 0 Å². The van der Waals surface area contributed by atoms with Crippen molar-refractivity contribution in [1.82, 2.24) is 0 Å². The Kier molecular flexibility index (Phi) is 1.52. The first-order chi connectivity index (χ1) is 3.84. The van der Waals surface area contributed by atoms with Crippen LogP contribution in [0.2, 0.25) is 0 Å². The third-order valence-electron chi connectivity index (χ3n) is 1.73. The largest absolute Gasteiger partial charge is 0.0774 e. The second-order valence-corrected chi connectivity index (χ2v) is 2.31. The van der Waals surface area contributed by atoms with Gasteiger partial charge in [-0.3, -0.25) is 0 Å². The summed E-state index contributed by atoms with van der Waals surface area (Å²) in [5.74, 6) is 0.745. The first kappa shape index (κ1) is 5.61. The fourth-order valence-electron chi connectivity index (χ4n) is 1.07. The summed E-state index contributed by atoms with van der Waals surface area (Å²) in [5, 5.41) is 0. The Balaban J connectivity index is 2.58. The molecule has 8 heavy (non-hydrogen) atoms. The molecule has 0 bridgehead atoms. The lowest BCUT2D eigenvalue weighted by molar-refractivity contribution is 0.739. The molecule has 0 heterocycles. The van der Waals surface area contributed by atoms with Gasteiger partial charge in [0, 0.05) is 0 Å². The Labute approximate surface area is 50.9 Å². The van der Waals surface area contributed by atoms with Gasteiger partial charge in [-0.15, -0.1) is 0 Å². The predicted octanol–water partition coefficient (Wildman–Crippen LogP) is 2.53. The molecule has 0 saturated carbocycles. The molecule has 1 aliphatic carbocycles. The molecule has 1 aliphatic rings. The number of hydrogen-bond donors (Lipinski definition) is 0. The average Bonchev–Trinajstić information content (AvgIpc) is 2.14. The van der Waals surface area contributed by atoms with Crippen molar-refractivity contribution in [2.75, 3.05) is 0 Å². The van der Waals surface area contributed by atoms with Crippen molar-refractivity contribution in [3.05, 3.63) is 23.8 Å². The van der Waals surface area contributed by atoms with Crippen molar-refractivity contribution < 1.29 is 0 Å². The molecule has 44 valence electrons. The fourth-order valence-corrected chi connectivity index (χ4v) is 1.07. The maximum Gasteiger partial charge on any atom is -0.00224 e. The van der Waals surface area contributed by atoms with E-state index in [-0.39, 0.29) is 0 Å². The lowest BCUT2D eigenvalue weighted by atomic mass is 10.0. The van der Waals surface area contributed by atoms with E-state index in [1.165, 1.54) is 12.0 Å². The van der Waals surface area contributed by atoms with E-state index in [0.717, 1.165) is 5.92 Å². The van der Waals surface area contributed by atoms with Crippen LogP contribution in [0.15, 0.2) is 23.8 Å². The lowest BCUT2D eigenvalue weighted by Crippen LogP contribution is -1.90. The molecule has 1 unspecified atom stereocenters. The monoisotopic (exact) mass is 108 g/mol. The van der Waals surface area contributed by atoms with E-state index in [9.17, 15) is 0 Å². The van der Waals surface area contributed by atoms with Gasteiger partial charge in [0.2, 0.25) is 0 Å². The molecule has 0 aromatic carbocycles. The van der Waals surface area contributed by atoms with Gasteiger partial charge in [-0.2, -0.15) is 0 Å². The second kappa shape index (κ2) is 2.17. The van der Waals surface area contributed by atoms with Crippen LogP contribution in [0.1, 0.15) is 20.3 Å². The zero-order valence-corrected chi connectivity index (χ0v) is 5.52. The Hall–Kier alpha value is -0.520. The SMILES string of the molecule is CCC1C=CC=C1C. The van der Waals surface area contributed by atoms with Crippen LogP contribution in [0, 0.1) is 5.92 Å². The van der Waals surface area contributed by atoms with Crippen LogP contribution in [0.3, 0.4) is 0 Å². The van der Waals surface area contributed by atoms with Crippen LogP contribution in [0.25, 0.3) is 0 Å². The van der Waals surface area contributed by atoms with Gasteiger partial charge in [-0.05, 0) is 19.3 Å². The summed E-state index contributed by atoms with van der Waals surface area (Å²) in [6.45, 7) is 4.41. The molecular weight excluding hydrogens is 96.1 g/mol. The lowest BCUT2D eigenvalue weighted by Gasteiger charge is -2.03. The Morgan fingerprint density at radius 1 is 1.62 bits per heavy atom. The highest BCUT2D eigenvalue weighted by atomic mass is 14.1. The minimum atomic E-state index is 0.745. The van der Waals surface area contributed by atoms with Crippen molar-refractivity contribution in [2.45, 2.75) is 20.3 Å². The van der Waals surface area contributed by atoms with Gasteiger partial charge in [-0.1, -0.05) is 30.7 Å². The van der Waals surface area contributed by atoms with Gasteiger partial charge in [0.1, 0.15) is 0 Å². The second-order valence-electron chi connectivity index (χ2n) is 2.31. The van der Waals surface area contributed by atoms with E-state index in [1.807, 2.05) is 0 Å². The predicted molar refractivity (Wildman–Crippen MR) is 36.7 cm³/mol. The highest BCUT2D eigenvalue weighted by Gasteiger charge is 2.05. The van der Waals surface area contributed by atoms with E-state index in [0.29, 0.717) is 0 Å². The van der Waals surface area contributed by atoms with Gasteiger partial charge in [0.25, 0.3) is 0 Å². The maximum atomic E-state index is 2.26. The van der Waals surface area contributed by atoms with Gasteiger partial charge in [-0.25, -0.2) is 0 Å². The highest BCUT2D eigenvalue weighted by molar-refractivity contribution is 5.25. The van der Waals surface area contributed by atoms with E-state index < -0.39 is 0 Å². The van der Waals surface area contributed by atoms with E-state index >= 15 is 0 Å².